The number of amides is 4. The Labute approximate surface area is 196 Å². The Kier molecular flexibility index (Phi) is 9.96. The Hall–Kier alpha value is -2.81. The van der Waals surface area contributed by atoms with Crippen molar-refractivity contribution in [3.05, 3.63) is 23.8 Å². The maximum Gasteiger partial charge on any atom is 0.317 e. The van der Waals surface area contributed by atoms with Crippen molar-refractivity contribution in [2.45, 2.75) is 52.7 Å². The molecule has 0 saturated carbocycles. The molecule has 2 N–H and O–H groups in total. The van der Waals surface area contributed by atoms with Gasteiger partial charge in [0, 0.05) is 51.8 Å². The van der Waals surface area contributed by atoms with Crippen LogP contribution >= 0.6 is 0 Å². The van der Waals surface area contributed by atoms with Gasteiger partial charge in [-0.25, -0.2) is 4.79 Å². The van der Waals surface area contributed by atoms with Crippen LogP contribution in [0.3, 0.4) is 0 Å². The Balaban J connectivity index is 2.42. The molecule has 0 spiro atoms. The number of anilines is 1. The summed E-state index contributed by atoms with van der Waals surface area (Å²) in [4.78, 5) is 41.4. The number of likely N-dealkylation sites (N-methyl/N-ethyl adjacent to an activating group) is 1. The molecule has 9 heteroatoms. The number of hydrogen-bond donors (Lipinski definition) is 2. The highest BCUT2D eigenvalue weighted by molar-refractivity contribution is 5.99. The van der Waals surface area contributed by atoms with Crippen LogP contribution in [0.15, 0.2) is 18.2 Å². The van der Waals surface area contributed by atoms with Crippen LogP contribution in [0, 0.1) is 5.92 Å². The maximum absolute atomic E-state index is 13.3. The second-order valence-electron chi connectivity index (χ2n) is 8.59. The first-order valence-electron chi connectivity index (χ1n) is 11.6. The smallest absolute Gasteiger partial charge is 0.317 e. The summed E-state index contributed by atoms with van der Waals surface area (Å²) in [6.45, 7) is 9.34. The molecule has 0 aliphatic carbocycles. The van der Waals surface area contributed by atoms with Gasteiger partial charge in [-0.15, -0.1) is 0 Å². The van der Waals surface area contributed by atoms with Crippen LogP contribution < -0.4 is 15.4 Å². The zero-order valence-electron chi connectivity index (χ0n) is 20.6. The SMILES string of the molecule is CCCNC(=O)N1C[C@@H](C)[C@H](OC)CN(C)C(=O)c2cc(NC(=O)CC)ccc2OC[C@@H]1C. The number of methoxy groups -OCH3 is 1. The number of benzene rings is 1. The third kappa shape index (κ3) is 7.08. The van der Waals surface area contributed by atoms with E-state index >= 15 is 0 Å². The standard InChI is InChI=1S/C24H38N4O5/c1-7-11-25-24(31)28-13-16(3)21(32-6)14-27(5)23(30)19-12-18(26-22(29)8-2)9-10-20(19)33-15-17(28)4/h9-10,12,16-17,21H,7-8,11,13-15H2,1-6H3,(H,25,31)(H,26,29)/t16-,17+,21-/m1/s1. The van der Waals surface area contributed by atoms with Crippen molar-refractivity contribution < 1.29 is 23.9 Å². The van der Waals surface area contributed by atoms with Gasteiger partial charge in [0.15, 0.2) is 0 Å². The summed E-state index contributed by atoms with van der Waals surface area (Å²) in [5.74, 6) is 0.0249. The van der Waals surface area contributed by atoms with Gasteiger partial charge in [-0.2, -0.15) is 0 Å². The molecule has 0 radical (unpaired) electrons. The van der Waals surface area contributed by atoms with Crippen molar-refractivity contribution in [3.63, 3.8) is 0 Å². The molecule has 33 heavy (non-hydrogen) atoms. The molecule has 9 nitrogen and oxygen atoms in total. The van der Waals surface area contributed by atoms with Crippen LogP contribution in [0.25, 0.3) is 0 Å². The quantitative estimate of drug-likeness (QED) is 0.701. The van der Waals surface area contributed by atoms with E-state index in [0.29, 0.717) is 43.1 Å². The van der Waals surface area contributed by atoms with E-state index in [1.807, 2.05) is 20.8 Å². The first-order valence-corrected chi connectivity index (χ1v) is 11.6. The Bertz CT molecular complexity index is 831. The van der Waals surface area contributed by atoms with E-state index in [1.165, 1.54) is 0 Å². The highest BCUT2D eigenvalue weighted by Crippen LogP contribution is 2.26. The minimum atomic E-state index is -0.264. The van der Waals surface area contributed by atoms with Gasteiger partial charge in [0.25, 0.3) is 5.91 Å². The zero-order valence-corrected chi connectivity index (χ0v) is 20.6. The molecule has 1 aromatic rings. The molecule has 2 rings (SSSR count). The number of ether oxygens (including phenoxy) is 2. The molecule has 0 bridgehead atoms. The molecule has 3 atom stereocenters. The number of urea groups is 1. The third-order valence-electron chi connectivity index (χ3n) is 5.84. The van der Waals surface area contributed by atoms with E-state index in [2.05, 4.69) is 10.6 Å². The predicted molar refractivity (Wildman–Crippen MR) is 128 cm³/mol. The molecule has 0 unspecified atom stereocenters. The van der Waals surface area contributed by atoms with E-state index < -0.39 is 0 Å². The van der Waals surface area contributed by atoms with Crippen molar-refractivity contribution in [2.24, 2.45) is 5.92 Å². The van der Waals surface area contributed by atoms with Gasteiger partial charge in [-0.05, 0) is 31.5 Å². The van der Waals surface area contributed by atoms with Gasteiger partial charge in [-0.3, -0.25) is 9.59 Å². The summed E-state index contributed by atoms with van der Waals surface area (Å²) in [6.07, 6.45) is 0.916. The minimum Gasteiger partial charge on any atom is -0.491 e. The lowest BCUT2D eigenvalue weighted by molar-refractivity contribution is -0.115. The Morgan fingerprint density at radius 2 is 1.94 bits per heavy atom. The number of carbonyl (C=O) groups is 3. The largest absolute Gasteiger partial charge is 0.491 e. The van der Waals surface area contributed by atoms with Crippen LogP contribution in [0.2, 0.25) is 0 Å². The minimum absolute atomic E-state index is 0.0193. The fourth-order valence-corrected chi connectivity index (χ4v) is 3.72. The topological polar surface area (TPSA) is 100 Å². The Morgan fingerprint density at radius 1 is 1.21 bits per heavy atom. The van der Waals surface area contributed by atoms with E-state index in [9.17, 15) is 14.4 Å². The van der Waals surface area contributed by atoms with Crippen molar-refractivity contribution in [2.75, 3.05) is 45.7 Å². The summed E-state index contributed by atoms with van der Waals surface area (Å²) in [6, 6.07) is 4.65. The average Bonchev–Trinajstić information content (AvgIpc) is 2.81. The average molecular weight is 463 g/mol. The Morgan fingerprint density at radius 3 is 2.58 bits per heavy atom. The summed E-state index contributed by atoms with van der Waals surface area (Å²) < 4.78 is 11.7. The monoisotopic (exact) mass is 462 g/mol. The highest BCUT2D eigenvalue weighted by atomic mass is 16.5. The van der Waals surface area contributed by atoms with Crippen LogP contribution in [0.4, 0.5) is 10.5 Å². The lowest BCUT2D eigenvalue weighted by Crippen LogP contribution is -2.51. The van der Waals surface area contributed by atoms with Crippen LogP contribution in [-0.4, -0.2) is 80.2 Å². The van der Waals surface area contributed by atoms with Gasteiger partial charge < -0.3 is 29.9 Å². The highest BCUT2D eigenvalue weighted by Gasteiger charge is 2.30. The van der Waals surface area contributed by atoms with Crippen LogP contribution in [0.1, 0.15) is 50.9 Å². The van der Waals surface area contributed by atoms with Crippen molar-refractivity contribution in [1.29, 1.82) is 0 Å². The molecular weight excluding hydrogens is 424 g/mol. The lowest BCUT2D eigenvalue weighted by atomic mass is 10.0. The zero-order chi connectivity index (χ0) is 24.5. The molecule has 1 heterocycles. The van der Waals surface area contributed by atoms with E-state index in [0.717, 1.165) is 6.42 Å². The van der Waals surface area contributed by atoms with Crippen molar-refractivity contribution >= 4 is 23.5 Å². The number of hydrogen-bond acceptors (Lipinski definition) is 5. The number of nitrogens with one attached hydrogen (secondary N) is 2. The van der Waals surface area contributed by atoms with Gasteiger partial charge in [0.2, 0.25) is 5.91 Å². The number of nitrogens with zero attached hydrogens (tertiary/aromatic N) is 2. The second-order valence-corrected chi connectivity index (χ2v) is 8.59. The molecule has 0 saturated heterocycles. The second kappa shape index (κ2) is 12.4. The normalized spacial score (nSPS) is 21.9. The number of rotatable bonds is 5. The maximum atomic E-state index is 13.3. The number of carbonyl (C=O) groups excluding carboxylic acids is 3. The molecule has 1 aliphatic rings. The van der Waals surface area contributed by atoms with Gasteiger partial charge in [0.05, 0.1) is 17.7 Å². The first kappa shape index (κ1) is 26.4. The molecule has 184 valence electrons. The lowest BCUT2D eigenvalue weighted by Gasteiger charge is -2.36. The predicted octanol–water partition coefficient (Wildman–Crippen LogP) is 2.96. The summed E-state index contributed by atoms with van der Waals surface area (Å²) in [7, 11) is 3.33. The van der Waals surface area contributed by atoms with E-state index in [4.69, 9.17) is 9.47 Å². The number of fused-ring (bicyclic) bond motifs is 1. The summed E-state index contributed by atoms with van der Waals surface area (Å²) in [5, 5.41) is 5.74. The molecule has 1 aliphatic heterocycles. The molecule has 0 fully saturated rings. The van der Waals surface area contributed by atoms with Crippen molar-refractivity contribution in [3.8, 4) is 5.75 Å². The van der Waals surface area contributed by atoms with Crippen LogP contribution in [-0.2, 0) is 9.53 Å². The summed E-state index contributed by atoms with van der Waals surface area (Å²) in [5.41, 5.74) is 0.881. The van der Waals surface area contributed by atoms with Crippen molar-refractivity contribution in [1.82, 2.24) is 15.1 Å². The molecular formula is C24H38N4O5. The fraction of sp³-hybridized carbons (Fsp3) is 0.625. The molecule has 1 aromatic carbocycles. The van der Waals surface area contributed by atoms with Gasteiger partial charge >= 0.3 is 6.03 Å². The van der Waals surface area contributed by atoms with E-state index in [-0.39, 0.29) is 42.5 Å². The van der Waals surface area contributed by atoms with Crippen LogP contribution in [0.5, 0.6) is 5.75 Å². The molecule has 0 aromatic heterocycles. The summed E-state index contributed by atoms with van der Waals surface area (Å²) >= 11 is 0. The third-order valence-corrected chi connectivity index (χ3v) is 5.84. The first-order chi connectivity index (χ1) is 15.7. The van der Waals surface area contributed by atoms with E-state index in [1.54, 1.807) is 49.1 Å². The van der Waals surface area contributed by atoms with Gasteiger partial charge in [0.1, 0.15) is 12.4 Å². The molecule has 4 amide bonds. The van der Waals surface area contributed by atoms with Gasteiger partial charge in [-0.1, -0.05) is 20.8 Å². The fourth-order valence-electron chi connectivity index (χ4n) is 3.72.